The average molecular weight is 310 g/mol. The van der Waals surface area contributed by atoms with E-state index >= 15 is 0 Å². The number of aromatic nitrogens is 1. The molecule has 0 saturated carbocycles. The molecule has 1 saturated heterocycles. The van der Waals surface area contributed by atoms with Gasteiger partial charge in [-0.3, -0.25) is 4.79 Å². The van der Waals surface area contributed by atoms with E-state index in [9.17, 15) is 4.79 Å². The van der Waals surface area contributed by atoms with E-state index in [1.165, 1.54) is 0 Å². The fraction of sp³-hybridized carbons (Fsp3) is 0.316. The number of rotatable bonds is 4. The van der Waals surface area contributed by atoms with Crippen LogP contribution in [-0.4, -0.2) is 24.8 Å². The van der Waals surface area contributed by atoms with Crippen LogP contribution in [0, 0.1) is 0 Å². The molecular formula is C19H22N2O2. The van der Waals surface area contributed by atoms with Crippen molar-refractivity contribution >= 4 is 12.2 Å². The van der Waals surface area contributed by atoms with Gasteiger partial charge in [0, 0.05) is 18.3 Å². The topological polar surface area (TPSA) is 43.3 Å². The first-order valence-electron chi connectivity index (χ1n) is 8.01. The number of hydrogen-bond donors (Lipinski definition) is 1. The number of nitrogens with one attached hydrogen (secondary N) is 1. The van der Waals surface area contributed by atoms with Crippen molar-refractivity contribution in [1.29, 1.82) is 0 Å². The Hall–Kier alpha value is -2.33. The lowest BCUT2D eigenvalue weighted by Crippen LogP contribution is -2.33. The van der Waals surface area contributed by atoms with E-state index in [0.717, 1.165) is 42.8 Å². The number of methoxy groups -OCH3 is 1. The number of piperidine rings is 1. The van der Waals surface area contributed by atoms with Crippen LogP contribution in [0.15, 0.2) is 47.4 Å². The van der Waals surface area contributed by atoms with Gasteiger partial charge in [0.25, 0.3) is 5.56 Å². The summed E-state index contributed by atoms with van der Waals surface area (Å²) in [6.45, 7) is 1.96. The molecule has 0 unspecified atom stereocenters. The first-order chi connectivity index (χ1) is 11.3. The number of benzene rings is 1. The third-order valence-corrected chi connectivity index (χ3v) is 4.24. The lowest BCUT2D eigenvalue weighted by atomic mass is 10.1. The molecule has 1 N–H and O–H groups in total. The van der Waals surface area contributed by atoms with E-state index in [2.05, 4.69) is 5.32 Å². The molecule has 3 rings (SSSR count). The molecule has 1 aromatic carbocycles. The molecule has 0 radical (unpaired) electrons. The van der Waals surface area contributed by atoms with Gasteiger partial charge >= 0.3 is 0 Å². The predicted molar refractivity (Wildman–Crippen MR) is 93.8 cm³/mol. The Balaban J connectivity index is 1.77. The quantitative estimate of drug-likeness (QED) is 0.944. The molecule has 0 bridgehead atoms. The number of nitrogens with zero attached hydrogens (tertiary/aromatic N) is 1. The minimum absolute atomic E-state index is 0.0738. The summed E-state index contributed by atoms with van der Waals surface area (Å²) in [6, 6.07) is 11.9. The van der Waals surface area contributed by atoms with E-state index in [-0.39, 0.29) is 5.56 Å². The van der Waals surface area contributed by atoms with Gasteiger partial charge in [-0.2, -0.15) is 0 Å². The van der Waals surface area contributed by atoms with Crippen molar-refractivity contribution in [2.75, 3.05) is 20.2 Å². The smallest absolute Gasteiger partial charge is 0.251 e. The summed E-state index contributed by atoms with van der Waals surface area (Å²) in [5.41, 5.74) is 2.04. The van der Waals surface area contributed by atoms with E-state index in [1.54, 1.807) is 13.2 Å². The minimum Gasteiger partial charge on any atom is -0.497 e. The Morgan fingerprint density at radius 2 is 1.87 bits per heavy atom. The molecule has 0 atom stereocenters. The standard InChI is InChI=1S/C19H22N2O2/c1-23-18-4-2-3-15(13-18)5-6-16-9-12-21(19(22)14-16)17-7-10-20-11-8-17/h2-6,9,12-14,17,20H,7-8,10-11H2,1H3/b6-5+. The van der Waals surface area contributed by atoms with Crippen molar-refractivity contribution in [3.63, 3.8) is 0 Å². The zero-order valence-corrected chi connectivity index (χ0v) is 13.4. The van der Waals surface area contributed by atoms with Crippen LogP contribution < -0.4 is 15.6 Å². The molecule has 120 valence electrons. The molecule has 23 heavy (non-hydrogen) atoms. The van der Waals surface area contributed by atoms with Crippen LogP contribution >= 0.6 is 0 Å². The number of pyridine rings is 1. The third-order valence-electron chi connectivity index (χ3n) is 4.24. The van der Waals surface area contributed by atoms with Gasteiger partial charge in [0.05, 0.1) is 7.11 Å². The van der Waals surface area contributed by atoms with Gasteiger partial charge in [-0.05, 0) is 55.3 Å². The van der Waals surface area contributed by atoms with Gasteiger partial charge in [0.1, 0.15) is 5.75 Å². The molecule has 1 aliphatic heterocycles. The SMILES string of the molecule is COc1cccc(/C=C/c2ccn(C3CCNCC3)c(=O)c2)c1. The molecule has 2 aromatic rings. The maximum absolute atomic E-state index is 12.3. The summed E-state index contributed by atoms with van der Waals surface area (Å²) in [6.07, 6.45) is 7.90. The Labute approximate surface area is 136 Å². The molecule has 1 aliphatic rings. The summed E-state index contributed by atoms with van der Waals surface area (Å²) in [4.78, 5) is 12.3. The molecule has 0 aliphatic carbocycles. The van der Waals surface area contributed by atoms with Crippen LogP contribution in [0.3, 0.4) is 0 Å². The summed E-state index contributed by atoms with van der Waals surface area (Å²) in [5, 5.41) is 3.33. The second-order valence-electron chi connectivity index (χ2n) is 5.80. The normalized spacial score (nSPS) is 15.9. The van der Waals surface area contributed by atoms with Gasteiger partial charge in [-0.25, -0.2) is 0 Å². The molecular weight excluding hydrogens is 288 g/mol. The van der Waals surface area contributed by atoms with Crippen molar-refractivity contribution in [3.8, 4) is 5.75 Å². The second kappa shape index (κ2) is 7.29. The highest BCUT2D eigenvalue weighted by Crippen LogP contribution is 2.17. The van der Waals surface area contributed by atoms with Crippen molar-refractivity contribution in [2.45, 2.75) is 18.9 Å². The zero-order chi connectivity index (χ0) is 16.1. The molecule has 0 spiro atoms. The highest BCUT2D eigenvalue weighted by Gasteiger charge is 2.15. The lowest BCUT2D eigenvalue weighted by molar-refractivity contribution is 0.361. The van der Waals surface area contributed by atoms with Crippen molar-refractivity contribution < 1.29 is 4.74 Å². The van der Waals surface area contributed by atoms with E-state index in [4.69, 9.17) is 4.74 Å². The van der Waals surface area contributed by atoms with Crippen LogP contribution in [0.4, 0.5) is 0 Å². The fourth-order valence-corrected chi connectivity index (χ4v) is 2.93. The first-order valence-corrected chi connectivity index (χ1v) is 8.01. The van der Waals surface area contributed by atoms with Gasteiger partial charge in [0.2, 0.25) is 0 Å². The van der Waals surface area contributed by atoms with E-state index < -0.39 is 0 Å². The van der Waals surface area contributed by atoms with Crippen LogP contribution in [0.1, 0.15) is 30.0 Å². The maximum Gasteiger partial charge on any atom is 0.251 e. The lowest BCUT2D eigenvalue weighted by Gasteiger charge is -2.24. The highest BCUT2D eigenvalue weighted by molar-refractivity contribution is 5.69. The maximum atomic E-state index is 12.3. The van der Waals surface area contributed by atoms with Crippen molar-refractivity contribution in [2.24, 2.45) is 0 Å². The molecule has 2 heterocycles. The van der Waals surface area contributed by atoms with Crippen LogP contribution in [0.2, 0.25) is 0 Å². The van der Waals surface area contributed by atoms with E-state index in [1.807, 2.05) is 53.2 Å². The summed E-state index contributed by atoms with van der Waals surface area (Å²) < 4.78 is 7.08. The molecule has 4 heteroatoms. The first kappa shape index (κ1) is 15.6. The molecule has 1 aromatic heterocycles. The van der Waals surface area contributed by atoms with Crippen molar-refractivity contribution in [1.82, 2.24) is 9.88 Å². The highest BCUT2D eigenvalue weighted by atomic mass is 16.5. The van der Waals surface area contributed by atoms with Crippen LogP contribution in [0.25, 0.3) is 12.2 Å². The number of hydrogen-bond acceptors (Lipinski definition) is 3. The van der Waals surface area contributed by atoms with Crippen LogP contribution in [0.5, 0.6) is 5.75 Å². The average Bonchev–Trinajstić information content (AvgIpc) is 2.61. The number of ether oxygens (including phenoxy) is 1. The van der Waals surface area contributed by atoms with Crippen LogP contribution in [-0.2, 0) is 0 Å². The zero-order valence-electron chi connectivity index (χ0n) is 13.4. The minimum atomic E-state index is 0.0738. The van der Waals surface area contributed by atoms with Gasteiger partial charge in [0.15, 0.2) is 0 Å². The molecule has 0 amide bonds. The Morgan fingerprint density at radius 3 is 2.57 bits per heavy atom. The monoisotopic (exact) mass is 310 g/mol. The van der Waals surface area contributed by atoms with E-state index in [0.29, 0.717) is 6.04 Å². The Kier molecular flexibility index (Phi) is 4.93. The Bertz CT molecular complexity index is 743. The predicted octanol–water partition coefficient (Wildman–Crippen LogP) is 2.95. The van der Waals surface area contributed by atoms with Crippen molar-refractivity contribution in [3.05, 3.63) is 64.1 Å². The largest absolute Gasteiger partial charge is 0.497 e. The fourth-order valence-electron chi connectivity index (χ4n) is 2.93. The van der Waals surface area contributed by atoms with Gasteiger partial charge < -0.3 is 14.6 Å². The molecule has 1 fully saturated rings. The second-order valence-corrected chi connectivity index (χ2v) is 5.80. The third kappa shape index (κ3) is 3.90. The van der Waals surface area contributed by atoms with Gasteiger partial charge in [-0.15, -0.1) is 0 Å². The molecule has 4 nitrogen and oxygen atoms in total. The summed E-state index contributed by atoms with van der Waals surface area (Å²) >= 11 is 0. The van der Waals surface area contributed by atoms with Gasteiger partial charge in [-0.1, -0.05) is 24.3 Å². The summed E-state index contributed by atoms with van der Waals surface area (Å²) in [7, 11) is 1.66. The summed E-state index contributed by atoms with van der Waals surface area (Å²) in [5.74, 6) is 0.827. The Morgan fingerprint density at radius 1 is 1.13 bits per heavy atom.